The van der Waals surface area contributed by atoms with Gasteiger partial charge in [0.05, 0.1) is 36.3 Å². The van der Waals surface area contributed by atoms with Crippen molar-refractivity contribution in [3.8, 4) is 11.5 Å². The summed E-state index contributed by atoms with van der Waals surface area (Å²) in [5.41, 5.74) is 0.318. The van der Waals surface area contributed by atoms with Crippen LogP contribution in [0, 0.1) is 15.9 Å². The number of carbonyl (C=O) groups is 2. The van der Waals surface area contributed by atoms with Gasteiger partial charge in [-0.1, -0.05) is 18.2 Å². The number of nitro benzene ring substituents is 1. The van der Waals surface area contributed by atoms with E-state index >= 15 is 0 Å². The average molecular weight is 506 g/mol. The first-order valence-corrected chi connectivity index (χ1v) is 11.3. The number of halogens is 1. The van der Waals surface area contributed by atoms with Crippen LogP contribution >= 0.6 is 0 Å². The number of nitro groups is 1. The third-order valence-corrected chi connectivity index (χ3v) is 6.17. The lowest BCUT2D eigenvalue weighted by Gasteiger charge is -2.25. The molecule has 1 fully saturated rings. The molecule has 4 rings (SSSR count). The van der Waals surface area contributed by atoms with Crippen LogP contribution in [0.25, 0.3) is 5.76 Å². The summed E-state index contributed by atoms with van der Waals surface area (Å²) in [5, 5.41) is 22.9. The first-order chi connectivity index (χ1) is 17.8. The quantitative estimate of drug-likeness (QED) is 0.158. The summed E-state index contributed by atoms with van der Waals surface area (Å²) in [7, 11) is 3.00. The first-order valence-electron chi connectivity index (χ1n) is 11.3. The largest absolute Gasteiger partial charge is 0.507 e. The van der Waals surface area contributed by atoms with E-state index in [1.54, 1.807) is 24.3 Å². The molecule has 0 aliphatic carbocycles. The Hall–Kier alpha value is -4.73. The highest BCUT2D eigenvalue weighted by atomic mass is 19.1. The van der Waals surface area contributed by atoms with Crippen molar-refractivity contribution in [1.82, 2.24) is 4.90 Å². The zero-order valence-electron chi connectivity index (χ0n) is 20.0. The number of aliphatic hydroxyl groups is 1. The van der Waals surface area contributed by atoms with Crippen LogP contribution in [0.15, 0.2) is 72.3 Å². The lowest BCUT2D eigenvalue weighted by Crippen LogP contribution is -2.32. The number of aliphatic hydroxyl groups excluding tert-OH is 1. The number of hydrogen-bond acceptors (Lipinski definition) is 7. The number of Topliss-reactive ketones (excluding diaryl/α,β-unsaturated/α-hetero) is 1. The number of likely N-dealkylation sites (tertiary alicyclic amines) is 1. The van der Waals surface area contributed by atoms with Crippen molar-refractivity contribution >= 4 is 23.1 Å². The molecule has 9 nitrogen and oxygen atoms in total. The minimum Gasteiger partial charge on any atom is -0.507 e. The minimum atomic E-state index is -1.23. The minimum absolute atomic E-state index is 0.0109. The molecule has 190 valence electrons. The monoisotopic (exact) mass is 506 g/mol. The van der Waals surface area contributed by atoms with Crippen LogP contribution in [-0.2, 0) is 16.0 Å². The smallest absolute Gasteiger partial charge is 0.295 e. The Labute approximate surface area is 211 Å². The maximum Gasteiger partial charge on any atom is 0.295 e. The number of para-hydroxylation sites is 1. The zero-order chi connectivity index (χ0) is 26.7. The highest BCUT2D eigenvalue weighted by Crippen LogP contribution is 2.42. The Bertz CT molecular complexity index is 1400. The van der Waals surface area contributed by atoms with E-state index in [9.17, 15) is 29.2 Å². The second-order valence-corrected chi connectivity index (χ2v) is 8.25. The summed E-state index contributed by atoms with van der Waals surface area (Å²) < 4.78 is 24.0. The molecule has 0 spiro atoms. The number of nitrogens with zero attached hydrogens (tertiary/aromatic N) is 2. The van der Waals surface area contributed by atoms with Gasteiger partial charge in [-0.05, 0) is 54.4 Å². The molecule has 1 heterocycles. The Morgan fingerprint density at radius 3 is 2.35 bits per heavy atom. The van der Waals surface area contributed by atoms with E-state index in [2.05, 4.69) is 0 Å². The highest BCUT2D eigenvalue weighted by molar-refractivity contribution is 6.46. The maximum atomic E-state index is 13.5. The lowest BCUT2D eigenvalue weighted by atomic mass is 9.94. The molecule has 0 aromatic heterocycles. The van der Waals surface area contributed by atoms with Gasteiger partial charge in [-0.15, -0.1) is 0 Å². The fourth-order valence-corrected chi connectivity index (χ4v) is 4.37. The van der Waals surface area contributed by atoms with Gasteiger partial charge in [-0.25, -0.2) is 4.39 Å². The van der Waals surface area contributed by atoms with E-state index < -0.39 is 34.2 Å². The van der Waals surface area contributed by atoms with Crippen LogP contribution in [0.4, 0.5) is 10.1 Å². The first kappa shape index (κ1) is 25.4. The van der Waals surface area contributed by atoms with Crippen LogP contribution in [0.5, 0.6) is 11.5 Å². The SMILES string of the molecule is COc1ccc(CCN2C(=O)C(=O)/C(=C(\O)c3ccc(F)cc3)C2c2ccccc2[N+](=O)[O-])cc1OC. The van der Waals surface area contributed by atoms with Gasteiger partial charge in [-0.2, -0.15) is 0 Å². The van der Waals surface area contributed by atoms with Crippen molar-refractivity contribution in [2.75, 3.05) is 20.8 Å². The molecular weight excluding hydrogens is 483 g/mol. The molecule has 1 aliphatic rings. The lowest BCUT2D eigenvalue weighted by molar-refractivity contribution is -0.385. The summed E-state index contributed by atoms with van der Waals surface area (Å²) >= 11 is 0. The van der Waals surface area contributed by atoms with Gasteiger partial charge in [0, 0.05) is 18.2 Å². The molecule has 37 heavy (non-hydrogen) atoms. The molecule has 1 N–H and O–H groups in total. The van der Waals surface area contributed by atoms with Crippen LogP contribution < -0.4 is 9.47 Å². The molecule has 0 saturated carbocycles. The number of hydrogen-bond donors (Lipinski definition) is 1. The summed E-state index contributed by atoms with van der Waals surface area (Å²) in [6.45, 7) is 0.0109. The molecular formula is C27H23FN2O7. The van der Waals surface area contributed by atoms with Crippen molar-refractivity contribution in [3.63, 3.8) is 0 Å². The molecule has 0 radical (unpaired) electrons. The topological polar surface area (TPSA) is 119 Å². The standard InChI is InChI=1S/C27H23FN2O7/c1-36-21-12-7-16(15-22(21)37-2)13-14-29-24(19-5-3-4-6-20(19)30(34)35)23(26(32)27(29)33)25(31)17-8-10-18(28)11-9-17/h3-12,15,24,31H,13-14H2,1-2H3/b25-23-. The fraction of sp³-hybridized carbons (Fsp3) is 0.185. The van der Waals surface area contributed by atoms with Crippen molar-refractivity contribution < 1.29 is 33.5 Å². The molecule has 10 heteroatoms. The van der Waals surface area contributed by atoms with Crippen LogP contribution in [-0.4, -0.2) is 47.4 Å². The van der Waals surface area contributed by atoms with Crippen LogP contribution in [0.2, 0.25) is 0 Å². The maximum absolute atomic E-state index is 13.5. The van der Waals surface area contributed by atoms with Gasteiger partial charge in [0.1, 0.15) is 11.6 Å². The number of carbonyl (C=O) groups excluding carboxylic acids is 2. The van der Waals surface area contributed by atoms with E-state index in [-0.39, 0.29) is 35.4 Å². The summed E-state index contributed by atoms with van der Waals surface area (Å²) in [4.78, 5) is 38.7. The van der Waals surface area contributed by atoms with Crippen LogP contribution in [0.3, 0.4) is 0 Å². The Kier molecular flexibility index (Phi) is 7.19. The zero-order valence-corrected chi connectivity index (χ0v) is 20.0. The molecule has 1 saturated heterocycles. The second-order valence-electron chi connectivity index (χ2n) is 8.25. The number of methoxy groups -OCH3 is 2. The summed E-state index contributed by atoms with van der Waals surface area (Å²) in [5.74, 6) is -2.00. The van der Waals surface area contributed by atoms with Gasteiger partial charge in [0.2, 0.25) is 0 Å². The molecule has 1 atom stereocenters. The van der Waals surface area contributed by atoms with Gasteiger partial charge in [0.25, 0.3) is 17.4 Å². The normalized spacial score (nSPS) is 16.6. The molecule has 1 amide bonds. The predicted molar refractivity (Wildman–Crippen MR) is 132 cm³/mol. The van der Waals surface area contributed by atoms with E-state index in [4.69, 9.17) is 9.47 Å². The van der Waals surface area contributed by atoms with Crippen molar-refractivity contribution in [1.29, 1.82) is 0 Å². The number of benzene rings is 3. The fourth-order valence-electron chi connectivity index (χ4n) is 4.37. The molecule has 1 aliphatic heterocycles. The van der Waals surface area contributed by atoms with E-state index in [0.717, 1.165) is 17.7 Å². The van der Waals surface area contributed by atoms with Gasteiger partial charge in [-0.3, -0.25) is 19.7 Å². The Balaban J connectivity index is 1.80. The van der Waals surface area contributed by atoms with Gasteiger partial charge < -0.3 is 19.5 Å². The number of amides is 1. The van der Waals surface area contributed by atoms with Crippen LogP contribution in [0.1, 0.15) is 22.7 Å². The van der Waals surface area contributed by atoms with Gasteiger partial charge in [0.15, 0.2) is 11.5 Å². The average Bonchev–Trinajstić information content (AvgIpc) is 3.16. The van der Waals surface area contributed by atoms with E-state index in [0.29, 0.717) is 11.5 Å². The van der Waals surface area contributed by atoms with Crippen molar-refractivity contribution in [2.45, 2.75) is 12.5 Å². The summed E-state index contributed by atoms with van der Waals surface area (Å²) in [6, 6.07) is 14.4. The van der Waals surface area contributed by atoms with Crippen molar-refractivity contribution in [2.24, 2.45) is 0 Å². The molecule has 1 unspecified atom stereocenters. The number of ether oxygens (including phenoxy) is 2. The Morgan fingerprint density at radius 1 is 1.03 bits per heavy atom. The highest BCUT2D eigenvalue weighted by Gasteiger charge is 2.47. The molecule has 0 bridgehead atoms. The third-order valence-electron chi connectivity index (χ3n) is 6.17. The van der Waals surface area contributed by atoms with Crippen molar-refractivity contribution in [3.05, 3.63) is 105 Å². The number of rotatable bonds is 8. The van der Waals surface area contributed by atoms with Gasteiger partial charge >= 0.3 is 0 Å². The Morgan fingerprint density at radius 2 is 1.70 bits per heavy atom. The summed E-state index contributed by atoms with van der Waals surface area (Å²) in [6.07, 6.45) is 0.279. The molecule has 3 aromatic rings. The molecule has 3 aromatic carbocycles. The number of ketones is 1. The second kappa shape index (κ2) is 10.5. The van der Waals surface area contributed by atoms with E-state index in [1.807, 2.05) is 0 Å². The predicted octanol–water partition coefficient (Wildman–Crippen LogP) is 4.42. The van der Waals surface area contributed by atoms with E-state index in [1.165, 1.54) is 49.5 Å². The third kappa shape index (κ3) is 4.86.